The van der Waals surface area contributed by atoms with Crippen molar-refractivity contribution in [2.45, 2.75) is 13.0 Å². The summed E-state index contributed by atoms with van der Waals surface area (Å²) < 4.78 is 4.90. The zero-order valence-electron chi connectivity index (χ0n) is 6.74. The second kappa shape index (κ2) is 3.34. The number of hydrogen-bond acceptors (Lipinski definition) is 3. The number of rotatable bonds is 2. The standard InChI is InChI=1S/C8H12N2O/c1-6(9)7-3-4-8(11-2)10-5-7/h3-6H,9H2,1-2H3/t6-/m0/s1. The molecule has 0 bridgehead atoms. The first-order chi connectivity index (χ1) is 5.24. The first-order valence-corrected chi connectivity index (χ1v) is 3.49. The van der Waals surface area contributed by atoms with Gasteiger partial charge in [-0.25, -0.2) is 4.98 Å². The average Bonchev–Trinajstić information content (AvgIpc) is 2.05. The Hall–Kier alpha value is -1.09. The van der Waals surface area contributed by atoms with E-state index >= 15 is 0 Å². The van der Waals surface area contributed by atoms with Crippen LogP contribution in [0.15, 0.2) is 18.3 Å². The summed E-state index contributed by atoms with van der Waals surface area (Å²) in [4.78, 5) is 4.02. The largest absolute Gasteiger partial charge is 0.481 e. The lowest BCUT2D eigenvalue weighted by Crippen LogP contribution is -2.05. The Morgan fingerprint density at radius 2 is 2.27 bits per heavy atom. The van der Waals surface area contributed by atoms with Crippen LogP contribution in [-0.2, 0) is 0 Å². The third kappa shape index (κ3) is 1.91. The number of aromatic nitrogens is 1. The van der Waals surface area contributed by atoms with Gasteiger partial charge in [-0.2, -0.15) is 0 Å². The van der Waals surface area contributed by atoms with E-state index in [-0.39, 0.29) is 6.04 Å². The predicted octanol–water partition coefficient (Wildman–Crippen LogP) is 1.11. The smallest absolute Gasteiger partial charge is 0.212 e. The van der Waals surface area contributed by atoms with Crippen molar-refractivity contribution >= 4 is 0 Å². The van der Waals surface area contributed by atoms with Crippen molar-refractivity contribution < 1.29 is 4.74 Å². The van der Waals surface area contributed by atoms with Gasteiger partial charge in [-0.3, -0.25) is 0 Å². The molecule has 1 heterocycles. The Bertz CT molecular complexity index is 218. The van der Waals surface area contributed by atoms with Gasteiger partial charge in [-0.1, -0.05) is 6.07 Å². The Kier molecular flexibility index (Phi) is 2.44. The second-order valence-corrected chi connectivity index (χ2v) is 2.42. The molecular weight excluding hydrogens is 140 g/mol. The molecule has 0 saturated carbocycles. The number of ether oxygens (including phenoxy) is 1. The summed E-state index contributed by atoms with van der Waals surface area (Å²) in [5, 5.41) is 0. The fourth-order valence-electron chi connectivity index (χ4n) is 0.782. The van der Waals surface area contributed by atoms with Crippen LogP contribution >= 0.6 is 0 Å². The highest BCUT2D eigenvalue weighted by Gasteiger charge is 1.98. The van der Waals surface area contributed by atoms with Gasteiger partial charge in [0.05, 0.1) is 7.11 Å². The van der Waals surface area contributed by atoms with Gasteiger partial charge in [0.15, 0.2) is 0 Å². The van der Waals surface area contributed by atoms with Crippen LogP contribution in [0.25, 0.3) is 0 Å². The van der Waals surface area contributed by atoms with Crippen LogP contribution in [0.1, 0.15) is 18.5 Å². The van der Waals surface area contributed by atoms with Gasteiger partial charge in [-0.05, 0) is 12.5 Å². The molecule has 2 N–H and O–H groups in total. The number of nitrogens with zero attached hydrogens (tertiary/aromatic N) is 1. The van der Waals surface area contributed by atoms with Gasteiger partial charge < -0.3 is 10.5 Å². The molecule has 0 amide bonds. The number of hydrogen-bond donors (Lipinski definition) is 1. The second-order valence-electron chi connectivity index (χ2n) is 2.42. The molecule has 3 heteroatoms. The van der Waals surface area contributed by atoms with Crippen molar-refractivity contribution in [3.05, 3.63) is 23.9 Å². The summed E-state index contributed by atoms with van der Waals surface area (Å²) in [6.45, 7) is 1.92. The van der Waals surface area contributed by atoms with Crippen LogP contribution in [0.5, 0.6) is 5.88 Å². The summed E-state index contributed by atoms with van der Waals surface area (Å²) in [6.07, 6.45) is 1.73. The lowest BCUT2D eigenvalue weighted by molar-refractivity contribution is 0.397. The van der Waals surface area contributed by atoms with Crippen molar-refractivity contribution in [3.63, 3.8) is 0 Å². The zero-order valence-corrected chi connectivity index (χ0v) is 6.74. The molecule has 0 fully saturated rings. The van der Waals surface area contributed by atoms with Crippen LogP contribution < -0.4 is 10.5 Å². The molecule has 1 aromatic heterocycles. The highest BCUT2D eigenvalue weighted by atomic mass is 16.5. The van der Waals surface area contributed by atoms with Gasteiger partial charge in [0.1, 0.15) is 0 Å². The Labute approximate surface area is 66.2 Å². The van der Waals surface area contributed by atoms with Crippen LogP contribution in [0.2, 0.25) is 0 Å². The minimum absolute atomic E-state index is 0.0356. The summed E-state index contributed by atoms with van der Waals surface area (Å²) in [6, 6.07) is 3.75. The van der Waals surface area contributed by atoms with E-state index in [2.05, 4.69) is 4.98 Å². The first-order valence-electron chi connectivity index (χ1n) is 3.49. The molecule has 1 aromatic rings. The Morgan fingerprint density at radius 3 is 2.64 bits per heavy atom. The molecule has 0 aliphatic carbocycles. The van der Waals surface area contributed by atoms with Gasteiger partial charge in [0, 0.05) is 18.3 Å². The third-order valence-electron chi connectivity index (χ3n) is 1.49. The number of methoxy groups -OCH3 is 1. The molecule has 1 atom stereocenters. The number of pyridine rings is 1. The minimum Gasteiger partial charge on any atom is -0.481 e. The van der Waals surface area contributed by atoms with Crippen molar-refractivity contribution in [1.29, 1.82) is 0 Å². The number of nitrogens with two attached hydrogens (primary N) is 1. The zero-order chi connectivity index (χ0) is 8.27. The van der Waals surface area contributed by atoms with E-state index in [0.29, 0.717) is 5.88 Å². The molecule has 1 rings (SSSR count). The maximum Gasteiger partial charge on any atom is 0.212 e. The van der Waals surface area contributed by atoms with E-state index < -0.39 is 0 Å². The molecule has 0 spiro atoms. The van der Waals surface area contributed by atoms with Crippen molar-refractivity contribution in [2.24, 2.45) is 5.73 Å². The van der Waals surface area contributed by atoms with Crippen LogP contribution in [-0.4, -0.2) is 12.1 Å². The lowest BCUT2D eigenvalue weighted by atomic mass is 10.2. The van der Waals surface area contributed by atoms with Gasteiger partial charge in [-0.15, -0.1) is 0 Å². The molecule has 0 unspecified atom stereocenters. The van der Waals surface area contributed by atoms with Gasteiger partial charge in [0.25, 0.3) is 0 Å². The van der Waals surface area contributed by atoms with Crippen molar-refractivity contribution in [2.75, 3.05) is 7.11 Å². The molecule has 60 valence electrons. The topological polar surface area (TPSA) is 48.1 Å². The van der Waals surface area contributed by atoms with E-state index in [1.807, 2.05) is 13.0 Å². The molecule has 11 heavy (non-hydrogen) atoms. The maximum atomic E-state index is 5.62. The van der Waals surface area contributed by atoms with Crippen LogP contribution in [0.3, 0.4) is 0 Å². The summed E-state index contributed by atoms with van der Waals surface area (Å²) >= 11 is 0. The fraction of sp³-hybridized carbons (Fsp3) is 0.375. The first kappa shape index (κ1) is 8.01. The van der Waals surface area contributed by atoms with E-state index in [9.17, 15) is 0 Å². The van der Waals surface area contributed by atoms with Crippen LogP contribution in [0, 0.1) is 0 Å². The monoisotopic (exact) mass is 152 g/mol. The highest BCUT2D eigenvalue weighted by Crippen LogP contribution is 2.11. The molecule has 0 aliphatic heterocycles. The molecular formula is C8H12N2O. The van der Waals surface area contributed by atoms with Crippen molar-refractivity contribution in [3.8, 4) is 5.88 Å². The molecule has 0 saturated heterocycles. The average molecular weight is 152 g/mol. The summed E-state index contributed by atoms with van der Waals surface area (Å²) in [5.41, 5.74) is 6.64. The van der Waals surface area contributed by atoms with Gasteiger partial charge >= 0.3 is 0 Å². The van der Waals surface area contributed by atoms with Gasteiger partial charge in [0.2, 0.25) is 5.88 Å². The molecule has 0 radical (unpaired) electrons. The van der Waals surface area contributed by atoms with E-state index in [4.69, 9.17) is 10.5 Å². The molecule has 0 aliphatic rings. The van der Waals surface area contributed by atoms with E-state index in [1.54, 1.807) is 19.4 Å². The Balaban J connectivity index is 2.83. The molecule has 0 aromatic carbocycles. The fourth-order valence-corrected chi connectivity index (χ4v) is 0.782. The third-order valence-corrected chi connectivity index (χ3v) is 1.49. The molecule has 3 nitrogen and oxygen atoms in total. The van der Waals surface area contributed by atoms with E-state index in [1.165, 1.54) is 0 Å². The van der Waals surface area contributed by atoms with E-state index in [0.717, 1.165) is 5.56 Å². The highest BCUT2D eigenvalue weighted by molar-refractivity contribution is 5.19. The Morgan fingerprint density at radius 1 is 1.55 bits per heavy atom. The van der Waals surface area contributed by atoms with Crippen LogP contribution in [0.4, 0.5) is 0 Å². The minimum atomic E-state index is 0.0356. The quantitative estimate of drug-likeness (QED) is 0.690. The lowest BCUT2D eigenvalue weighted by Gasteiger charge is -2.04. The SMILES string of the molecule is COc1ccc([C@H](C)N)cn1. The summed E-state index contributed by atoms with van der Waals surface area (Å²) in [7, 11) is 1.59. The summed E-state index contributed by atoms with van der Waals surface area (Å²) in [5.74, 6) is 0.620. The normalized spacial score (nSPS) is 12.6. The maximum absolute atomic E-state index is 5.62. The predicted molar refractivity (Wildman–Crippen MR) is 43.4 cm³/mol. The van der Waals surface area contributed by atoms with Crippen molar-refractivity contribution in [1.82, 2.24) is 4.98 Å².